The highest BCUT2D eigenvalue weighted by atomic mass is 79.9. The molecular weight excluding hydrogens is 260 g/mol. The van der Waals surface area contributed by atoms with Gasteiger partial charge in [0.1, 0.15) is 0 Å². The molecule has 0 aliphatic heterocycles. The van der Waals surface area contributed by atoms with Crippen LogP contribution in [0.15, 0.2) is 22.7 Å². The van der Waals surface area contributed by atoms with Crippen molar-refractivity contribution in [3.05, 3.63) is 22.7 Å². The molecule has 0 bridgehead atoms. The first kappa shape index (κ1) is 12.0. The number of nitrogens with one attached hydrogen (secondary N) is 1. The van der Waals surface area contributed by atoms with E-state index in [0.29, 0.717) is 24.4 Å². The van der Waals surface area contributed by atoms with Gasteiger partial charge in [-0.2, -0.15) is 0 Å². The number of ether oxygens (including phenoxy) is 1. The van der Waals surface area contributed by atoms with Gasteiger partial charge >= 0.3 is 0 Å². The molecule has 0 saturated carbocycles. The molecule has 0 fully saturated rings. The quantitative estimate of drug-likeness (QED) is 0.825. The van der Waals surface area contributed by atoms with Crippen LogP contribution >= 0.6 is 15.9 Å². The molecule has 1 amide bonds. The van der Waals surface area contributed by atoms with Gasteiger partial charge in [0.25, 0.3) is 0 Å². The van der Waals surface area contributed by atoms with Crippen molar-refractivity contribution < 1.29 is 9.53 Å². The zero-order valence-electron chi connectivity index (χ0n) is 8.42. The molecule has 1 aromatic rings. The molecule has 0 saturated heterocycles. The topological polar surface area (TPSA) is 64.3 Å². The Hall–Kier alpha value is -1.07. The number of benzene rings is 1. The molecule has 0 aliphatic carbocycles. The SMILES string of the molecule is COCCC(=O)Nc1ccc(Br)cc1N. The van der Waals surface area contributed by atoms with E-state index in [9.17, 15) is 4.79 Å². The number of nitrogens with two attached hydrogens (primary N) is 1. The largest absolute Gasteiger partial charge is 0.397 e. The maximum atomic E-state index is 11.4. The molecule has 0 unspecified atom stereocenters. The van der Waals surface area contributed by atoms with Gasteiger partial charge in [0, 0.05) is 11.6 Å². The van der Waals surface area contributed by atoms with Crippen LogP contribution < -0.4 is 11.1 Å². The van der Waals surface area contributed by atoms with Gasteiger partial charge in [-0.05, 0) is 18.2 Å². The monoisotopic (exact) mass is 272 g/mol. The van der Waals surface area contributed by atoms with Gasteiger partial charge in [0.2, 0.25) is 5.91 Å². The summed E-state index contributed by atoms with van der Waals surface area (Å²) in [5.41, 5.74) is 6.88. The van der Waals surface area contributed by atoms with Crippen LogP contribution in [-0.4, -0.2) is 19.6 Å². The minimum absolute atomic E-state index is 0.106. The van der Waals surface area contributed by atoms with Crippen LogP contribution in [0, 0.1) is 0 Å². The molecule has 15 heavy (non-hydrogen) atoms. The standard InChI is InChI=1S/C10H13BrN2O2/c1-15-5-4-10(14)13-9-3-2-7(11)6-8(9)12/h2-3,6H,4-5,12H2,1H3,(H,13,14). The van der Waals surface area contributed by atoms with Crippen LogP contribution in [0.1, 0.15) is 6.42 Å². The maximum absolute atomic E-state index is 11.4. The Bertz CT molecular complexity index is 355. The summed E-state index contributed by atoms with van der Waals surface area (Å²) in [4.78, 5) is 11.4. The highest BCUT2D eigenvalue weighted by Gasteiger charge is 2.04. The number of halogens is 1. The second kappa shape index (κ2) is 5.72. The lowest BCUT2D eigenvalue weighted by atomic mass is 10.2. The van der Waals surface area contributed by atoms with Crippen molar-refractivity contribution in [1.82, 2.24) is 0 Å². The lowest BCUT2D eigenvalue weighted by Crippen LogP contribution is -2.14. The minimum Gasteiger partial charge on any atom is -0.397 e. The predicted octanol–water partition coefficient (Wildman–Crippen LogP) is 2.01. The van der Waals surface area contributed by atoms with Crippen molar-refractivity contribution in [2.24, 2.45) is 0 Å². The molecule has 0 atom stereocenters. The maximum Gasteiger partial charge on any atom is 0.226 e. The molecule has 0 aliphatic rings. The zero-order chi connectivity index (χ0) is 11.3. The molecule has 1 aromatic carbocycles. The van der Waals surface area contributed by atoms with E-state index in [1.165, 1.54) is 0 Å². The molecule has 0 spiro atoms. The summed E-state index contributed by atoms with van der Waals surface area (Å²) in [6.07, 6.45) is 0.325. The van der Waals surface area contributed by atoms with E-state index >= 15 is 0 Å². The highest BCUT2D eigenvalue weighted by Crippen LogP contribution is 2.22. The fraction of sp³-hybridized carbons (Fsp3) is 0.300. The van der Waals surface area contributed by atoms with Crippen molar-refractivity contribution in [1.29, 1.82) is 0 Å². The number of hydrogen-bond donors (Lipinski definition) is 2. The van der Waals surface area contributed by atoms with Crippen LogP contribution in [0.3, 0.4) is 0 Å². The average molecular weight is 273 g/mol. The van der Waals surface area contributed by atoms with E-state index in [1.807, 2.05) is 6.07 Å². The van der Waals surface area contributed by atoms with Crippen LogP contribution in [-0.2, 0) is 9.53 Å². The van der Waals surface area contributed by atoms with E-state index in [4.69, 9.17) is 10.5 Å². The normalized spacial score (nSPS) is 10.0. The summed E-state index contributed by atoms with van der Waals surface area (Å²) in [7, 11) is 1.56. The van der Waals surface area contributed by atoms with E-state index in [1.54, 1.807) is 19.2 Å². The number of rotatable bonds is 4. The number of hydrogen-bond acceptors (Lipinski definition) is 3. The Morgan fingerprint density at radius 2 is 2.33 bits per heavy atom. The van der Waals surface area contributed by atoms with Crippen molar-refractivity contribution in [2.75, 3.05) is 24.8 Å². The van der Waals surface area contributed by atoms with Gasteiger partial charge in [-0.15, -0.1) is 0 Å². The Kier molecular flexibility index (Phi) is 4.58. The predicted molar refractivity (Wildman–Crippen MR) is 63.7 cm³/mol. The summed E-state index contributed by atoms with van der Waals surface area (Å²) in [5, 5.41) is 2.71. The second-order valence-corrected chi connectivity index (χ2v) is 3.94. The third-order valence-corrected chi connectivity index (χ3v) is 2.31. The van der Waals surface area contributed by atoms with Gasteiger partial charge in [-0.3, -0.25) is 4.79 Å². The summed E-state index contributed by atoms with van der Waals surface area (Å²) in [6, 6.07) is 5.32. The van der Waals surface area contributed by atoms with Crippen molar-refractivity contribution in [3.63, 3.8) is 0 Å². The van der Waals surface area contributed by atoms with Gasteiger partial charge < -0.3 is 15.8 Å². The van der Waals surface area contributed by atoms with E-state index in [-0.39, 0.29) is 5.91 Å². The summed E-state index contributed by atoms with van der Waals surface area (Å²) in [6.45, 7) is 0.405. The molecule has 1 rings (SSSR count). The first-order valence-corrected chi connectivity index (χ1v) is 5.26. The number of carbonyl (C=O) groups is 1. The first-order valence-electron chi connectivity index (χ1n) is 4.47. The molecule has 5 heteroatoms. The molecule has 0 radical (unpaired) electrons. The number of nitrogen functional groups attached to an aromatic ring is 1. The highest BCUT2D eigenvalue weighted by molar-refractivity contribution is 9.10. The van der Waals surface area contributed by atoms with E-state index in [2.05, 4.69) is 21.2 Å². The molecule has 0 aromatic heterocycles. The second-order valence-electron chi connectivity index (χ2n) is 3.02. The summed E-state index contributed by atoms with van der Waals surface area (Å²) < 4.78 is 5.68. The van der Waals surface area contributed by atoms with Crippen LogP contribution in [0.5, 0.6) is 0 Å². The van der Waals surface area contributed by atoms with Gasteiger partial charge in [-0.1, -0.05) is 15.9 Å². The van der Waals surface area contributed by atoms with Gasteiger partial charge in [-0.25, -0.2) is 0 Å². The zero-order valence-corrected chi connectivity index (χ0v) is 10.0. The number of anilines is 2. The summed E-state index contributed by atoms with van der Waals surface area (Å²) >= 11 is 3.29. The van der Waals surface area contributed by atoms with Crippen LogP contribution in [0.4, 0.5) is 11.4 Å². The lowest BCUT2D eigenvalue weighted by Gasteiger charge is -2.07. The van der Waals surface area contributed by atoms with Crippen molar-refractivity contribution in [3.8, 4) is 0 Å². The molecule has 0 heterocycles. The van der Waals surface area contributed by atoms with E-state index < -0.39 is 0 Å². The number of amides is 1. The Morgan fingerprint density at radius 1 is 1.60 bits per heavy atom. The third kappa shape index (κ3) is 3.89. The Morgan fingerprint density at radius 3 is 2.93 bits per heavy atom. The van der Waals surface area contributed by atoms with Gasteiger partial charge in [0.15, 0.2) is 0 Å². The smallest absolute Gasteiger partial charge is 0.226 e. The average Bonchev–Trinajstić information content (AvgIpc) is 2.19. The van der Waals surface area contributed by atoms with Gasteiger partial charge in [0.05, 0.1) is 24.4 Å². The molecule has 3 N–H and O–H groups in total. The molecule has 4 nitrogen and oxygen atoms in total. The summed E-state index contributed by atoms with van der Waals surface area (Å²) in [5.74, 6) is -0.106. The van der Waals surface area contributed by atoms with Crippen molar-refractivity contribution >= 4 is 33.2 Å². The Labute approximate surface area is 96.9 Å². The van der Waals surface area contributed by atoms with E-state index in [0.717, 1.165) is 4.47 Å². The van der Waals surface area contributed by atoms with Crippen molar-refractivity contribution in [2.45, 2.75) is 6.42 Å². The fourth-order valence-corrected chi connectivity index (χ4v) is 1.43. The first-order chi connectivity index (χ1) is 7.13. The Balaban J connectivity index is 2.60. The molecule has 82 valence electrons. The van der Waals surface area contributed by atoms with Crippen LogP contribution in [0.2, 0.25) is 0 Å². The minimum atomic E-state index is -0.106. The number of carbonyl (C=O) groups excluding carboxylic acids is 1. The fourth-order valence-electron chi connectivity index (χ4n) is 1.05. The molecular formula is C10H13BrN2O2. The number of methoxy groups -OCH3 is 1. The third-order valence-electron chi connectivity index (χ3n) is 1.82. The lowest BCUT2D eigenvalue weighted by molar-refractivity contribution is -0.117. The van der Waals surface area contributed by atoms with Crippen LogP contribution in [0.25, 0.3) is 0 Å².